The van der Waals surface area contributed by atoms with E-state index in [9.17, 15) is 0 Å². The van der Waals surface area contributed by atoms with Gasteiger partial charge in [0.25, 0.3) is 0 Å². The Hall–Kier alpha value is -1.87. The van der Waals surface area contributed by atoms with Crippen molar-refractivity contribution >= 4 is 21.6 Å². The third-order valence-corrected chi connectivity index (χ3v) is 3.95. The first-order chi connectivity index (χ1) is 8.78. The lowest BCUT2D eigenvalue weighted by Gasteiger charge is -2.06. The predicted molar refractivity (Wildman–Crippen MR) is 76.3 cm³/mol. The molecule has 0 unspecified atom stereocenters. The van der Waals surface area contributed by atoms with Gasteiger partial charge in [-0.25, -0.2) is 4.98 Å². The molecule has 3 heteroatoms. The van der Waals surface area contributed by atoms with E-state index in [2.05, 4.69) is 30.1 Å². The minimum absolute atomic E-state index is 0.875. The topological polar surface area (TPSA) is 22.1 Å². The minimum Gasteiger partial charge on any atom is -0.496 e. The summed E-state index contributed by atoms with van der Waals surface area (Å²) >= 11 is 1.70. The van der Waals surface area contributed by atoms with Crippen molar-refractivity contribution in [2.24, 2.45) is 0 Å². The summed E-state index contributed by atoms with van der Waals surface area (Å²) in [5, 5.41) is 1.01. The van der Waals surface area contributed by atoms with E-state index in [4.69, 9.17) is 4.74 Å². The molecule has 90 valence electrons. The summed E-state index contributed by atoms with van der Waals surface area (Å²) in [5.74, 6) is 0.875. The highest BCUT2D eigenvalue weighted by Crippen LogP contribution is 2.36. The van der Waals surface area contributed by atoms with Crippen molar-refractivity contribution in [3.05, 3.63) is 48.0 Å². The number of hydrogen-bond acceptors (Lipinski definition) is 3. The van der Waals surface area contributed by atoms with Crippen LogP contribution in [0.25, 0.3) is 20.8 Å². The van der Waals surface area contributed by atoms with Crippen LogP contribution in [0.1, 0.15) is 5.56 Å². The van der Waals surface area contributed by atoms with Gasteiger partial charge < -0.3 is 4.74 Å². The van der Waals surface area contributed by atoms with E-state index in [1.807, 2.05) is 24.3 Å². The Labute approximate surface area is 110 Å². The molecule has 0 aliphatic heterocycles. The fourth-order valence-electron chi connectivity index (χ4n) is 1.98. The van der Waals surface area contributed by atoms with E-state index in [1.165, 1.54) is 10.3 Å². The number of benzene rings is 2. The molecule has 3 aromatic rings. The first-order valence-electron chi connectivity index (χ1n) is 5.78. The second kappa shape index (κ2) is 4.42. The summed E-state index contributed by atoms with van der Waals surface area (Å²) in [6.45, 7) is 2.08. The fourth-order valence-corrected chi connectivity index (χ4v) is 2.96. The van der Waals surface area contributed by atoms with Gasteiger partial charge in [0.05, 0.1) is 22.9 Å². The first-order valence-corrected chi connectivity index (χ1v) is 6.60. The maximum Gasteiger partial charge on any atom is 0.129 e. The van der Waals surface area contributed by atoms with Crippen LogP contribution in [0.2, 0.25) is 0 Å². The van der Waals surface area contributed by atoms with Gasteiger partial charge in [-0.1, -0.05) is 23.8 Å². The van der Waals surface area contributed by atoms with E-state index in [0.717, 1.165) is 21.8 Å². The molecule has 0 saturated carbocycles. The molecule has 1 heterocycles. The molecule has 0 fully saturated rings. The zero-order valence-corrected chi connectivity index (χ0v) is 11.1. The molecule has 0 amide bonds. The number of ether oxygens (including phenoxy) is 1. The monoisotopic (exact) mass is 255 g/mol. The molecule has 0 aliphatic rings. The lowest BCUT2D eigenvalue weighted by Crippen LogP contribution is -1.88. The average Bonchev–Trinajstić information content (AvgIpc) is 2.82. The summed E-state index contributed by atoms with van der Waals surface area (Å²) in [6.07, 6.45) is 0. The molecule has 3 rings (SSSR count). The van der Waals surface area contributed by atoms with Gasteiger partial charge in [0.1, 0.15) is 10.8 Å². The van der Waals surface area contributed by atoms with Crippen molar-refractivity contribution in [1.29, 1.82) is 0 Å². The highest BCUT2D eigenvalue weighted by atomic mass is 32.1. The van der Waals surface area contributed by atoms with Crippen molar-refractivity contribution in [3.8, 4) is 16.3 Å². The van der Waals surface area contributed by atoms with Crippen LogP contribution in [0.5, 0.6) is 5.75 Å². The molecule has 0 atom stereocenters. The number of aryl methyl sites for hydroxylation is 1. The maximum absolute atomic E-state index is 5.42. The SMILES string of the molecule is COc1ccc(C)cc1-c1nc2ccccc2s1. The van der Waals surface area contributed by atoms with Crippen LogP contribution in [-0.4, -0.2) is 12.1 Å². The summed E-state index contributed by atoms with van der Waals surface area (Å²) in [4.78, 5) is 4.67. The van der Waals surface area contributed by atoms with Crippen LogP contribution < -0.4 is 4.74 Å². The summed E-state index contributed by atoms with van der Waals surface area (Å²) in [7, 11) is 1.70. The molecule has 0 aliphatic carbocycles. The zero-order valence-electron chi connectivity index (χ0n) is 10.3. The van der Waals surface area contributed by atoms with E-state index >= 15 is 0 Å². The largest absolute Gasteiger partial charge is 0.496 e. The first kappa shape index (κ1) is 11.2. The van der Waals surface area contributed by atoms with Crippen molar-refractivity contribution < 1.29 is 4.74 Å². The number of methoxy groups -OCH3 is 1. The van der Waals surface area contributed by atoms with Gasteiger partial charge in [-0.3, -0.25) is 0 Å². The van der Waals surface area contributed by atoms with Gasteiger partial charge in [0, 0.05) is 0 Å². The third-order valence-electron chi connectivity index (χ3n) is 2.88. The standard InChI is InChI=1S/C15H13NOS/c1-10-7-8-13(17-2)11(9-10)15-16-12-5-3-4-6-14(12)18-15/h3-9H,1-2H3. The Balaban J connectivity index is 2.22. The molecular weight excluding hydrogens is 242 g/mol. The highest BCUT2D eigenvalue weighted by Gasteiger charge is 2.11. The molecule has 0 radical (unpaired) electrons. The fraction of sp³-hybridized carbons (Fsp3) is 0.133. The van der Waals surface area contributed by atoms with Crippen molar-refractivity contribution in [3.63, 3.8) is 0 Å². The Morgan fingerprint density at radius 2 is 1.94 bits per heavy atom. The van der Waals surface area contributed by atoms with Crippen molar-refractivity contribution in [2.45, 2.75) is 6.92 Å². The number of hydrogen-bond donors (Lipinski definition) is 0. The number of rotatable bonds is 2. The number of fused-ring (bicyclic) bond motifs is 1. The van der Waals surface area contributed by atoms with Crippen molar-refractivity contribution in [1.82, 2.24) is 4.98 Å². The van der Waals surface area contributed by atoms with E-state index < -0.39 is 0 Å². The summed E-state index contributed by atoms with van der Waals surface area (Å²) in [6, 6.07) is 14.4. The number of thiazole rings is 1. The normalized spacial score (nSPS) is 10.8. The van der Waals surface area contributed by atoms with Gasteiger partial charge in [-0.2, -0.15) is 0 Å². The van der Waals surface area contributed by atoms with Gasteiger partial charge in [0.2, 0.25) is 0 Å². The second-order valence-electron chi connectivity index (χ2n) is 4.19. The lowest BCUT2D eigenvalue weighted by molar-refractivity contribution is 0.416. The minimum atomic E-state index is 0.875. The molecule has 0 saturated heterocycles. The molecule has 0 bridgehead atoms. The van der Waals surface area contributed by atoms with Gasteiger partial charge in [-0.05, 0) is 31.2 Å². The van der Waals surface area contributed by atoms with Crippen molar-refractivity contribution in [2.75, 3.05) is 7.11 Å². The molecule has 18 heavy (non-hydrogen) atoms. The molecule has 0 spiro atoms. The van der Waals surface area contributed by atoms with Crippen LogP contribution in [0.15, 0.2) is 42.5 Å². The number of aromatic nitrogens is 1. The van der Waals surface area contributed by atoms with Crippen LogP contribution in [0.4, 0.5) is 0 Å². The Kier molecular flexibility index (Phi) is 2.76. The summed E-state index contributed by atoms with van der Waals surface area (Å²) in [5.41, 5.74) is 3.32. The molecule has 0 N–H and O–H groups in total. The van der Waals surface area contributed by atoms with Crippen LogP contribution >= 0.6 is 11.3 Å². The zero-order chi connectivity index (χ0) is 12.5. The van der Waals surface area contributed by atoms with Gasteiger partial charge in [0.15, 0.2) is 0 Å². The third kappa shape index (κ3) is 1.87. The predicted octanol–water partition coefficient (Wildman–Crippen LogP) is 4.28. The second-order valence-corrected chi connectivity index (χ2v) is 5.22. The Bertz CT molecular complexity index is 670. The molecule has 2 aromatic carbocycles. The lowest BCUT2D eigenvalue weighted by atomic mass is 10.1. The average molecular weight is 255 g/mol. The number of nitrogens with zero attached hydrogens (tertiary/aromatic N) is 1. The Morgan fingerprint density at radius 3 is 2.72 bits per heavy atom. The van der Waals surface area contributed by atoms with Crippen LogP contribution in [0.3, 0.4) is 0 Å². The highest BCUT2D eigenvalue weighted by molar-refractivity contribution is 7.21. The van der Waals surface area contributed by atoms with E-state index in [-0.39, 0.29) is 0 Å². The van der Waals surface area contributed by atoms with Crippen LogP contribution in [0, 0.1) is 6.92 Å². The number of para-hydroxylation sites is 1. The van der Waals surface area contributed by atoms with Gasteiger partial charge >= 0.3 is 0 Å². The Morgan fingerprint density at radius 1 is 1.11 bits per heavy atom. The van der Waals surface area contributed by atoms with Crippen LogP contribution in [-0.2, 0) is 0 Å². The van der Waals surface area contributed by atoms with E-state index in [1.54, 1.807) is 18.4 Å². The molecular formula is C15H13NOS. The van der Waals surface area contributed by atoms with E-state index in [0.29, 0.717) is 0 Å². The molecule has 1 aromatic heterocycles. The maximum atomic E-state index is 5.42. The quantitative estimate of drug-likeness (QED) is 0.682. The smallest absolute Gasteiger partial charge is 0.129 e. The van der Waals surface area contributed by atoms with Gasteiger partial charge in [-0.15, -0.1) is 11.3 Å². The molecule has 2 nitrogen and oxygen atoms in total. The summed E-state index contributed by atoms with van der Waals surface area (Å²) < 4.78 is 6.62.